The Morgan fingerprint density at radius 3 is 2.33 bits per heavy atom. The topological polar surface area (TPSA) is 12.9 Å². The second-order valence-electron chi connectivity index (χ2n) is 3.33. The van der Waals surface area contributed by atoms with Gasteiger partial charge in [0.05, 0.1) is 15.6 Å². The Kier molecular flexibility index (Phi) is 2.68. The lowest BCUT2D eigenvalue weighted by Gasteiger charge is -2.06. The number of rotatable bonds is 2. The van der Waals surface area contributed by atoms with Gasteiger partial charge >= 0.3 is 0 Å². The zero-order chi connectivity index (χ0) is 9.30. The van der Waals surface area contributed by atoms with E-state index in [1.54, 1.807) is 11.3 Å². The van der Waals surface area contributed by atoms with Crippen molar-refractivity contribution in [1.29, 1.82) is 0 Å². The van der Waals surface area contributed by atoms with Gasteiger partial charge in [-0.3, -0.25) is 0 Å². The molecule has 1 nitrogen and oxygen atoms in total. The summed E-state index contributed by atoms with van der Waals surface area (Å²) in [5.74, 6) is 0.517. The minimum Gasteiger partial charge on any atom is -0.246 e. The minimum absolute atomic E-state index is 0.517. The fourth-order valence-electron chi connectivity index (χ4n) is 1.09. The van der Waals surface area contributed by atoms with E-state index >= 15 is 0 Å². The van der Waals surface area contributed by atoms with E-state index in [1.807, 2.05) is 13.8 Å². The molecule has 0 radical (unpaired) electrons. The van der Waals surface area contributed by atoms with Crippen LogP contribution < -0.4 is 0 Å². The number of hydrogen-bond donors (Lipinski definition) is 0. The van der Waals surface area contributed by atoms with Crippen molar-refractivity contribution in [2.75, 3.05) is 0 Å². The Bertz CT molecular complexity index is 297. The summed E-state index contributed by atoms with van der Waals surface area (Å²) in [6, 6.07) is 0. The third-order valence-electron chi connectivity index (χ3n) is 1.89. The number of aromatic nitrogens is 1. The maximum Gasteiger partial charge on any atom is 0.0903 e. The van der Waals surface area contributed by atoms with Gasteiger partial charge in [-0.05, 0) is 25.3 Å². The Morgan fingerprint density at radius 2 is 2.00 bits per heavy atom. The van der Waals surface area contributed by atoms with Crippen LogP contribution in [-0.4, -0.2) is 4.98 Å². The van der Waals surface area contributed by atoms with Gasteiger partial charge in [0.25, 0.3) is 0 Å². The van der Waals surface area contributed by atoms with Crippen LogP contribution in [0.25, 0.3) is 5.57 Å². The molecule has 0 fully saturated rings. The molecule has 0 N–H and O–H groups in total. The number of thiazole rings is 1. The normalized spacial score (nSPS) is 10.8. The predicted octanol–water partition coefficient (Wildman–Crippen LogP) is 3.43. The molecule has 0 saturated heterocycles. The van der Waals surface area contributed by atoms with Crippen LogP contribution in [0.3, 0.4) is 0 Å². The molecule has 1 heterocycles. The highest BCUT2D eigenvalue weighted by Gasteiger charge is 2.10. The van der Waals surface area contributed by atoms with Gasteiger partial charge in [0.1, 0.15) is 0 Å². The van der Waals surface area contributed by atoms with E-state index in [9.17, 15) is 0 Å². The highest BCUT2D eigenvalue weighted by molar-refractivity contribution is 7.12. The lowest BCUT2D eigenvalue weighted by molar-refractivity contribution is 0.858. The molecule has 1 aromatic heterocycles. The van der Waals surface area contributed by atoms with Crippen molar-refractivity contribution >= 4 is 16.9 Å². The first-order chi connectivity index (χ1) is 5.52. The second kappa shape index (κ2) is 3.40. The van der Waals surface area contributed by atoms with E-state index in [0.29, 0.717) is 5.92 Å². The molecule has 0 bridgehead atoms. The van der Waals surface area contributed by atoms with Gasteiger partial charge in [0.15, 0.2) is 0 Å². The Labute approximate surface area is 78.2 Å². The third kappa shape index (κ3) is 1.75. The maximum atomic E-state index is 4.37. The van der Waals surface area contributed by atoms with Crippen LogP contribution in [0.1, 0.15) is 29.4 Å². The van der Waals surface area contributed by atoms with Crippen molar-refractivity contribution in [3.05, 3.63) is 22.2 Å². The fourth-order valence-corrected chi connectivity index (χ4v) is 2.13. The Morgan fingerprint density at radius 1 is 1.42 bits per heavy atom. The second-order valence-corrected chi connectivity index (χ2v) is 4.53. The van der Waals surface area contributed by atoms with Gasteiger partial charge in [-0.15, -0.1) is 11.3 Å². The summed E-state index contributed by atoms with van der Waals surface area (Å²) in [6.07, 6.45) is 0. The monoisotopic (exact) mass is 181 g/mol. The average molecular weight is 181 g/mol. The molecule has 0 aliphatic heterocycles. The Balaban J connectivity index is 3.02. The molecule has 2 heteroatoms. The first-order valence-corrected chi connectivity index (χ1v) is 4.97. The molecule has 12 heavy (non-hydrogen) atoms. The summed E-state index contributed by atoms with van der Waals surface area (Å²) < 4.78 is 0. The molecule has 66 valence electrons. The smallest absolute Gasteiger partial charge is 0.0903 e. The van der Waals surface area contributed by atoms with Crippen molar-refractivity contribution in [2.24, 2.45) is 5.92 Å². The van der Waals surface area contributed by atoms with Gasteiger partial charge in [-0.1, -0.05) is 20.4 Å². The number of aryl methyl sites for hydroxylation is 2. The molecular weight excluding hydrogens is 166 g/mol. The summed E-state index contributed by atoms with van der Waals surface area (Å²) in [5, 5.41) is 1.13. The van der Waals surface area contributed by atoms with E-state index < -0.39 is 0 Å². The van der Waals surface area contributed by atoms with Gasteiger partial charge in [0.2, 0.25) is 0 Å². The van der Waals surface area contributed by atoms with Crippen LogP contribution in [0.4, 0.5) is 0 Å². The molecule has 0 spiro atoms. The van der Waals surface area contributed by atoms with Crippen LogP contribution in [0.15, 0.2) is 6.58 Å². The van der Waals surface area contributed by atoms with Crippen LogP contribution >= 0.6 is 11.3 Å². The summed E-state index contributed by atoms with van der Waals surface area (Å²) in [4.78, 5) is 5.64. The zero-order valence-electron chi connectivity index (χ0n) is 8.14. The summed E-state index contributed by atoms with van der Waals surface area (Å²) in [6.45, 7) is 12.5. The molecule has 0 atom stereocenters. The summed E-state index contributed by atoms with van der Waals surface area (Å²) in [7, 11) is 0. The lowest BCUT2D eigenvalue weighted by atomic mass is 10.0. The van der Waals surface area contributed by atoms with Gasteiger partial charge < -0.3 is 0 Å². The molecule has 0 amide bonds. The quantitative estimate of drug-likeness (QED) is 0.681. The zero-order valence-corrected chi connectivity index (χ0v) is 8.96. The molecule has 0 saturated carbocycles. The maximum absolute atomic E-state index is 4.37. The first kappa shape index (κ1) is 9.46. The lowest BCUT2D eigenvalue weighted by Crippen LogP contribution is -1.90. The van der Waals surface area contributed by atoms with Crippen LogP contribution in [-0.2, 0) is 0 Å². The van der Waals surface area contributed by atoms with E-state index in [2.05, 4.69) is 25.4 Å². The van der Waals surface area contributed by atoms with Crippen molar-refractivity contribution in [3.8, 4) is 0 Å². The number of nitrogens with zero attached hydrogens (tertiary/aromatic N) is 1. The largest absolute Gasteiger partial charge is 0.246 e. The van der Waals surface area contributed by atoms with Crippen LogP contribution in [0.2, 0.25) is 0 Å². The van der Waals surface area contributed by atoms with Gasteiger partial charge in [0, 0.05) is 0 Å². The molecule has 1 rings (SSSR count). The van der Waals surface area contributed by atoms with Crippen molar-refractivity contribution in [2.45, 2.75) is 27.7 Å². The van der Waals surface area contributed by atoms with Gasteiger partial charge in [-0.2, -0.15) is 0 Å². The SMILES string of the molecule is C=C(c1sc(C)nc1C)C(C)C. The molecule has 0 aliphatic rings. The Hall–Kier alpha value is -0.630. The van der Waals surface area contributed by atoms with Gasteiger partial charge in [-0.25, -0.2) is 4.98 Å². The average Bonchev–Trinajstić information content (AvgIpc) is 2.28. The molecule has 0 aromatic carbocycles. The molecular formula is C10H15NS. The molecule has 0 aliphatic carbocycles. The number of allylic oxidation sites excluding steroid dienone is 1. The highest BCUT2D eigenvalue weighted by Crippen LogP contribution is 2.29. The minimum atomic E-state index is 0.517. The molecule has 0 unspecified atom stereocenters. The standard InChI is InChI=1S/C10H15NS/c1-6(2)7(3)10-8(4)11-9(5)12-10/h6H,3H2,1-2,4-5H3. The van der Waals surface area contributed by atoms with Crippen molar-refractivity contribution in [3.63, 3.8) is 0 Å². The van der Waals surface area contributed by atoms with Crippen molar-refractivity contribution in [1.82, 2.24) is 4.98 Å². The molecule has 1 aromatic rings. The fraction of sp³-hybridized carbons (Fsp3) is 0.500. The van der Waals surface area contributed by atoms with E-state index in [0.717, 1.165) is 10.7 Å². The van der Waals surface area contributed by atoms with Crippen LogP contribution in [0, 0.1) is 19.8 Å². The van der Waals surface area contributed by atoms with Crippen molar-refractivity contribution < 1.29 is 0 Å². The third-order valence-corrected chi connectivity index (χ3v) is 3.04. The number of hydrogen-bond acceptors (Lipinski definition) is 2. The van der Waals surface area contributed by atoms with E-state index in [1.165, 1.54) is 10.5 Å². The summed E-state index contributed by atoms with van der Waals surface area (Å²) in [5.41, 5.74) is 2.33. The van der Waals surface area contributed by atoms with E-state index in [-0.39, 0.29) is 0 Å². The highest BCUT2D eigenvalue weighted by atomic mass is 32.1. The van der Waals surface area contributed by atoms with Crippen LogP contribution in [0.5, 0.6) is 0 Å². The first-order valence-electron chi connectivity index (χ1n) is 4.15. The summed E-state index contributed by atoms with van der Waals surface area (Å²) >= 11 is 1.74. The predicted molar refractivity (Wildman–Crippen MR) is 55.5 cm³/mol. The van der Waals surface area contributed by atoms with E-state index in [4.69, 9.17) is 0 Å².